The van der Waals surface area contributed by atoms with Gasteiger partial charge >= 0.3 is 6.18 Å². The minimum absolute atomic E-state index is 0.0190. The van der Waals surface area contributed by atoms with Gasteiger partial charge in [0, 0.05) is 39.0 Å². The molecule has 1 aliphatic rings. The highest BCUT2D eigenvalue weighted by Gasteiger charge is 2.44. The summed E-state index contributed by atoms with van der Waals surface area (Å²) in [5.74, 6) is -0.852. The van der Waals surface area contributed by atoms with Gasteiger partial charge in [0.1, 0.15) is 28.4 Å². The monoisotopic (exact) mass is 518 g/mol. The van der Waals surface area contributed by atoms with Crippen molar-refractivity contribution < 1.29 is 37.0 Å². The highest BCUT2D eigenvalue weighted by molar-refractivity contribution is 5.97. The lowest BCUT2D eigenvalue weighted by atomic mass is 9.97. The maximum absolute atomic E-state index is 13.4. The Morgan fingerprint density at radius 1 is 1.16 bits per heavy atom. The van der Waals surface area contributed by atoms with Crippen LogP contribution in [0.5, 0.6) is 17.2 Å². The van der Waals surface area contributed by atoms with Crippen LogP contribution in [-0.2, 0) is 29.3 Å². The van der Waals surface area contributed by atoms with Crippen molar-refractivity contribution in [2.45, 2.75) is 24.7 Å². The van der Waals surface area contributed by atoms with Crippen LogP contribution in [0.15, 0.2) is 54.9 Å². The topological polar surface area (TPSA) is 104 Å². The zero-order valence-electron chi connectivity index (χ0n) is 20.1. The molecule has 1 unspecified atom stereocenters. The molecule has 3 aromatic rings. The average molecular weight is 518 g/mol. The second kappa shape index (κ2) is 10.5. The molecule has 1 fully saturated rings. The number of imidazole rings is 1. The van der Waals surface area contributed by atoms with Gasteiger partial charge in [-0.1, -0.05) is 12.1 Å². The summed E-state index contributed by atoms with van der Waals surface area (Å²) >= 11 is 0. The summed E-state index contributed by atoms with van der Waals surface area (Å²) < 4.78 is 57.6. The number of hydrogen-bond donors (Lipinski definition) is 2. The van der Waals surface area contributed by atoms with Crippen molar-refractivity contribution in [3.8, 4) is 17.2 Å². The fourth-order valence-electron chi connectivity index (χ4n) is 3.86. The number of carbonyl (C=O) groups excluding carboxylic acids is 2. The number of methoxy groups -OCH3 is 1. The molecule has 37 heavy (non-hydrogen) atoms. The number of carbonyl (C=O) groups is 2. The smallest absolute Gasteiger partial charge is 0.420 e. The van der Waals surface area contributed by atoms with Crippen LogP contribution in [0, 0.1) is 0 Å². The Morgan fingerprint density at radius 2 is 1.89 bits per heavy atom. The maximum atomic E-state index is 13.4. The standard InChI is InChI=1S/C25H25F3N4O5/c1-32-11-10-29-21(32)22(33)31-24(9-12-36-15-24)23(34)30-14-16-3-5-17(6-4-16)37-20-8-7-18(35-2)13-19(20)25(26,27)28/h3-8,10-11,13H,9,12,14-15H2,1-2H3,(H,30,34)(H,31,33). The zero-order chi connectivity index (χ0) is 26.6. The van der Waals surface area contributed by atoms with Crippen molar-refractivity contribution >= 4 is 11.8 Å². The number of benzene rings is 2. The SMILES string of the molecule is COc1ccc(Oc2ccc(CNC(=O)C3(NC(=O)c4nccn4C)CCOC3)cc2)c(C(F)(F)F)c1. The van der Waals surface area contributed by atoms with E-state index in [-0.39, 0.29) is 36.2 Å². The molecular formula is C25H25F3N4O5. The summed E-state index contributed by atoms with van der Waals surface area (Å²) in [6.45, 7) is 0.451. The molecule has 0 spiro atoms. The molecule has 1 saturated heterocycles. The van der Waals surface area contributed by atoms with Gasteiger partial charge in [-0.25, -0.2) is 4.98 Å². The van der Waals surface area contributed by atoms with Crippen LogP contribution in [-0.4, -0.2) is 47.2 Å². The molecule has 12 heteroatoms. The quantitative estimate of drug-likeness (QED) is 0.474. The van der Waals surface area contributed by atoms with E-state index in [4.69, 9.17) is 14.2 Å². The highest BCUT2D eigenvalue weighted by Crippen LogP contribution is 2.40. The first-order valence-corrected chi connectivity index (χ1v) is 11.3. The van der Waals surface area contributed by atoms with Gasteiger partial charge in [0.15, 0.2) is 5.82 Å². The number of halogens is 3. The first-order valence-electron chi connectivity index (χ1n) is 11.3. The van der Waals surface area contributed by atoms with Gasteiger partial charge in [-0.05, 0) is 35.9 Å². The molecule has 1 aliphatic heterocycles. The van der Waals surface area contributed by atoms with E-state index in [1.165, 1.54) is 37.6 Å². The summed E-state index contributed by atoms with van der Waals surface area (Å²) in [5, 5.41) is 5.55. The van der Waals surface area contributed by atoms with E-state index in [1.54, 1.807) is 29.9 Å². The van der Waals surface area contributed by atoms with E-state index >= 15 is 0 Å². The molecule has 0 bridgehead atoms. The molecule has 2 aromatic carbocycles. The fraction of sp³-hybridized carbons (Fsp3) is 0.320. The molecule has 0 saturated carbocycles. The largest absolute Gasteiger partial charge is 0.497 e. The molecule has 0 aliphatic carbocycles. The molecule has 1 aromatic heterocycles. The Balaban J connectivity index is 1.40. The molecule has 2 N–H and O–H groups in total. The molecule has 2 amide bonds. The van der Waals surface area contributed by atoms with Crippen molar-refractivity contribution in [3.05, 3.63) is 71.8 Å². The van der Waals surface area contributed by atoms with Crippen LogP contribution in [0.4, 0.5) is 13.2 Å². The van der Waals surface area contributed by atoms with E-state index < -0.39 is 29.1 Å². The van der Waals surface area contributed by atoms with Crippen LogP contribution in [0.25, 0.3) is 0 Å². The highest BCUT2D eigenvalue weighted by atomic mass is 19.4. The molecule has 1 atom stereocenters. The number of amides is 2. The Kier molecular flexibility index (Phi) is 7.39. The van der Waals surface area contributed by atoms with Gasteiger partial charge in [0.25, 0.3) is 5.91 Å². The first kappa shape index (κ1) is 26.0. The number of ether oxygens (including phenoxy) is 3. The number of rotatable bonds is 8. The second-order valence-corrected chi connectivity index (χ2v) is 8.49. The van der Waals surface area contributed by atoms with Crippen molar-refractivity contribution in [2.24, 2.45) is 7.05 Å². The Hall–Kier alpha value is -4.06. The maximum Gasteiger partial charge on any atom is 0.420 e. The summed E-state index contributed by atoms with van der Waals surface area (Å²) in [7, 11) is 2.95. The third-order valence-corrected chi connectivity index (χ3v) is 5.93. The van der Waals surface area contributed by atoms with Crippen molar-refractivity contribution in [1.82, 2.24) is 20.2 Å². The molecule has 2 heterocycles. The Labute approximate surface area is 210 Å². The first-order chi connectivity index (χ1) is 17.6. The van der Waals surface area contributed by atoms with Gasteiger partial charge in [-0.2, -0.15) is 13.2 Å². The molecule has 196 valence electrons. The van der Waals surface area contributed by atoms with E-state index in [0.717, 1.165) is 6.07 Å². The van der Waals surface area contributed by atoms with Gasteiger partial charge in [0.2, 0.25) is 5.91 Å². The predicted octanol–water partition coefficient (Wildman–Crippen LogP) is 3.45. The number of hydrogen-bond acceptors (Lipinski definition) is 6. The predicted molar refractivity (Wildman–Crippen MR) is 125 cm³/mol. The Morgan fingerprint density at radius 3 is 2.49 bits per heavy atom. The third-order valence-electron chi connectivity index (χ3n) is 5.93. The third kappa shape index (κ3) is 5.85. The second-order valence-electron chi connectivity index (χ2n) is 8.49. The van der Waals surface area contributed by atoms with E-state index in [2.05, 4.69) is 15.6 Å². The van der Waals surface area contributed by atoms with Gasteiger partial charge in [-0.3, -0.25) is 9.59 Å². The van der Waals surface area contributed by atoms with Gasteiger partial charge in [0.05, 0.1) is 13.7 Å². The van der Waals surface area contributed by atoms with Gasteiger partial charge in [-0.15, -0.1) is 0 Å². The van der Waals surface area contributed by atoms with Crippen LogP contribution in [0.3, 0.4) is 0 Å². The summed E-state index contributed by atoms with van der Waals surface area (Å²) in [4.78, 5) is 29.7. The average Bonchev–Trinajstić information content (AvgIpc) is 3.52. The van der Waals surface area contributed by atoms with E-state index in [9.17, 15) is 22.8 Å². The number of aromatic nitrogens is 2. The number of aryl methyl sites for hydroxylation is 1. The lowest BCUT2D eigenvalue weighted by Gasteiger charge is -2.27. The molecule has 9 nitrogen and oxygen atoms in total. The summed E-state index contributed by atoms with van der Waals surface area (Å²) in [6.07, 6.45) is -1.22. The van der Waals surface area contributed by atoms with Crippen molar-refractivity contribution in [1.29, 1.82) is 0 Å². The van der Waals surface area contributed by atoms with E-state index in [0.29, 0.717) is 18.6 Å². The van der Waals surface area contributed by atoms with E-state index in [1.807, 2.05) is 0 Å². The molecule has 0 radical (unpaired) electrons. The molecule has 4 rings (SSSR count). The van der Waals surface area contributed by atoms with Crippen LogP contribution < -0.4 is 20.1 Å². The lowest BCUT2D eigenvalue weighted by molar-refractivity contribution is -0.138. The van der Waals surface area contributed by atoms with Crippen molar-refractivity contribution in [3.63, 3.8) is 0 Å². The molecular weight excluding hydrogens is 493 g/mol. The number of alkyl halides is 3. The van der Waals surface area contributed by atoms with Crippen LogP contribution >= 0.6 is 0 Å². The minimum Gasteiger partial charge on any atom is -0.497 e. The summed E-state index contributed by atoms with van der Waals surface area (Å²) in [5.41, 5.74) is -1.52. The number of nitrogens with zero attached hydrogens (tertiary/aromatic N) is 2. The van der Waals surface area contributed by atoms with Crippen molar-refractivity contribution in [2.75, 3.05) is 20.3 Å². The van der Waals surface area contributed by atoms with Crippen LogP contribution in [0.2, 0.25) is 0 Å². The minimum atomic E-state index is -4.63. The van der Waals surface area contributed by atoms with Gasteiger partial charge < -0.3 is 29.4 Å². The normalized spacial score (nSPS) is 17.3. The zero-order valence-corrected chi connectivity index (χ0v) is 20.1. The lowest BCUT2D eigenvalue weighted by Crippen LogP contribution is -2.59. The van der Waals surface area contributed by atoms with Crippen LogP contribution in [0.1, 0.15) is 28.2 Å². The fourth-order valence-corrected chi connectivity index (χ4v) is 3.86. The Bertz CT molecular complexity index is 1270. The number of nitrogens with one attached hydrogen (secondary N) is 2. The summed E-state index contributed by atoms with van der Waals surface area (Å²) in [6, 6.07) is 9.69.